The molecule has 0 bridgehead atoms. The van der Waals surface area contributed by atoms with Crippen LogP contribution >= 0.6 is 15.9 Å². The Bertz CT molecular complexity index is 454. The molecule has 0 amide bonds. The number of carbonyl (C=O) groups is 1. The number of rotatable bonds is 3. The van der Waals surface area contributed by atoms with Gasteiger partial charge >= 0.3 is 0 Å². The number of benzene rings is 1. The monoisotopic (exact) mass is 298 g/mol. The summed E-state index contributed by atoms with van der Waals surface area (Å²) in [5.74, 6) is 1.65. The van der Waals surface area contributed by atoms with Gasteiger partial charge in [0, 0.05) is 6.42 Å². The van der Waals surface area contributed by atoms with Gasteiger partial charge in [-0.2, -0.15) is 0 Å². The molecule has 0 saturated heterocycles. The first kappa shape index (κ1) is 12.4. The van der Waals surface area contributed by atoms with E-state index in [1.807, 2.05) is 6.07 Å². The van der Waals surface area contributed by atoms with Crippen LogP contribution in [0.25, 0.3) is 0 Å². The van der Waals surface area contributed by atoms with E-state index in [1.54, 1.807) is 6.92 Å². The number of ketones is 1. The standard InChI is InChI=1S/C13H15BrO3/c1-3-10-9(6-8(2)15)7-11-13(12(10)14)17-5-4-16-11/h7H,3-6H2,1-2H3. The highest BCUT2D eigenvalue weighted by molar-refractivity contribution is 9.10. The molecule has 1 aromatic carbocycles. The minimum absolute atomic E-state index is 0.156. The van der Waals surface area contributed by atoms with Crippen LogP contribution in [0.5, 0.6) is 11.5 Å². The van der Waals surface area contributed by atoms with Gasteiger partial charge in [-0.05, 0) is 46.5 Å². The zero-order valence-electron chi connectivity index (χ0n) is 10.0. The minimum atomic E-state index is 0.156. The zero-order chi connectivity index (χ0) is 12.4. The summed E-state index contributed by atoms with van der Waals surface area (Å²) in [6.45, 7) is 4.80. The highest BCUT2D eigenvalue weighted by atomic mass is 79.9. The van der Waals surface area contributed by atoms with Gasteiger partial charge in [0.25, 0.3) is 0 Å². The van der Waals surface area contributed by atoms with Crippen molar-refractivity contribution in [1.29, 1.82) is 0 Å². The molecule has 0 spiro atoms. The van der Waals surface area contributed by atoms with E-state index in [2.05, 4.69) is 22.9 Å². The lowest BCUT2D eigenvalue weighted by molar-refractivity contribution is -0.116. The molecule has 92 valence electrons. The van der Waals surface area contributed by atoms with E-state index >= 15 is 0 Å². The first-order valence-corrected chi connectivity index (χ1v) is 6.52. The Hall–Kier alpha value is -1.03. The van der Waals surface area contributed by atoms with Crippen molar-refractivity contribution < 1.29 is 14.3 Å². The molecule has 1 aliphatic heterocycles. The van der Waals surface area contributed by atoms with E-state index in [-0.39, 0.29) is 5.78 Å². The lowest BCUT2D eigenvalue weighted by Gasteiger charge is -2.22. The van der Waals surface area contributed by atoms with Crippen molar-refractivity contribution in [3.63, 3.8) is 0 Å². The Labute approximate surface area is 109 Å². The van der Waals surface area contributed by atoms with Gasteiger partial charge < -0.3 is 9.47 Å². The number of Topliss-reactive ketones (excluding diaryl/α,β-unsaturated/α-hetero) is 1. The summed E-state index contributed by atoms with van der Waals surface area (Å²) in [6.07, 6.45) is 1.30. The third-order valence-electron chi connectivity index (χ3n) is 2.76. The van der Waals surface area contributed by atoms with Gasteiger partial charge in [-0.25, -0.2) is 0 Å². The summed E-state index contributed by atoms with van der Waals surface area (Å²) in [5, 5.41) is 0. The molecule has 2 rings (SSSR count). The van der Waals surface area contributed by atoms with Gasteiger partial charge in [-0.1, -0.05) is 6.92 Å². The molecule has 1 aromatic rings. The van der Waals surface area contributed by atoms with Gasteiger partial charge in [0.2, 0.25) is 0 Å². The second-order valence-electron chi connectivity index (χ2n) is 4.08. The molecule has 0 atom stereocenters. The smallest absolute Gasteiger partial charge is 0.175 e. The molecule has 0 aliphatic carbocycles. The van der Waals surface area contributed by atoms with Crippen molar-refractivity contribution in [2.24, 2.45) is 0 Å². The summed E-state index contributed by atoms with van der Waals surface area (Å²) >= 11 is 3.55. The molecule has 0 saturated carbocycles. The topological polar surface area (TPSA) is 35.5 Å². The summed E-state index contributed by atoms with van der Waals surface area (Å²) in [7, 11) is 0. The van der Waals surface area contributed by atoms with Gasteiger partial charge in [0.05, 0.1) is 4.47 Å². The van der Waals surface area contributed by atoms with E-state index in [4.69, 9.17) is 9.47 Å². The Morgan fingerprint density at radius 3 is 2.76 bits per heavy atom. The quantitative estimate of drug-likeness (QED) is 0.861. The molecule has 0 radical (unpaired) electrons. The third kappa shape index (κ3) is 2.46. The fraction of sp³-hybridized carbons (Fsp3) is 0.462. The SMILES string of the molecule is CCc1c(CC(C)=O)cc2c(c1Br)OCCO2. The number of carbonyl (C=O) groups excluding carboxylic acids is 1. The molecule has 17 heavy (non-hydrogen) atoms. The van der Waals surface area contributed by atoms with Crippen LogP contribution in [0.15, 0.2) is 10.5 Å². The summed E-state index contributed by atoms with van der Waals surface area (Å²) < 4.78 is 12.1. The molecule has 1 heterocycles. The molecule has 0 fully saturated rings. The average molecular weight is 299 g/mol. The molecule has 4 heteroatoms. The van der Waals surface area contributed by atoms with Crippen LogP contribution in [0.2, 0.25) is 0 Å². The number of halogens is 1. The largest absolute Gasteiger partial charge is 0.486 e. The third-order valence-corrected chi connectivity index (χ3v) is 3.60. The van der Waals surface area contributed by atoms with E-state index in [0.717, 1.165) is 33.5 Å². The highest BCUT2D eigenvalue weighted by Crippen LogP contribution is 2.42. The summed E-state index contributed by atoms with van der Waals surface area (Å²) in [6, 6.07) is 1.93. The maximum absolute atomic E-state index is 11.3. The van der Waals surface area contributed by atoms with E-state index in [0.29, 0.717) is 19.6 Å². The Morgan fingerprint density at radius 2 is 2.12 bits per heavy atom. The molecule has 1 aliphatic rings. The van der Waals surface area contributed by atoms with Gasteiger partial charge in [-0.3, -0.25) is 4.79 Å². The van der Waals surface area contributed by atoms with Gasteiger partial charge in [-0.15, -0.1) is 0 Å². The number of hydrogen-bond acceptors (Lipinski definition) is 3. The second kappa shape index (κ2) is 5.08. The Kier molecular flexibility index (Phi) is 3.72. The highest BCUT2D eigenvalue weighted by Gasteiger charge is 2.21. The van der Waals surface area contributed by atoms with Crippen LogP contribution in [-0.2, 0) is 17.6 Å². The van der Waals surface area contributed by atoms with Crippen molar-refractivity contribution >= 4 is 21.7 Å². The van der Waals surface area contributed by atoms with E-state index in [9.17, 15) is 4.79 Å². The van der Waals surface area contributed by atoms with Crippen LogP contribution in [0.4, 0.5) is 0 Å². The Balaban J connectivity index is 2.51. The normalized spacial score (nSPS) is 13.6. The number of hydrogen-bond donors (Lipinski definition) is 0. The van der Waals surface area contributed by atoms with E-state index in [1.165, 1.54) is 0 Å². The fourth-order valence-electron chi connectivity index (χ4n) is 2.04. The van der Waals surface area contributed by atoms with Crippen molar-refractivity contribution in [3.05, 3.63) is 21.7 Å². The number of fused-ring (bicyclic) bond motifs is 1. The van der Waals surface area contributed by atoms with Crippen molar-refractivity contribution in [2.45, 2.75) is 26.7 Å². The minimum Gasteiger partial charge on any atom is -0.486 e. The molecule has 0 unspecified atom stereocenters. The van der Waals surface area contributed by atoms with Crippen molar-refractivity contribution in [3.8, 4) is 11.5 Å². The van der Waals surface area contributed by atoms with Gasteiger partial charge in [0.1, 0.15) is 19.0 Å². The van der Waals surface area contributed by atoms with Crippen LogP contribution in [0, 0.1) is 0 Å². The van der Waals surface area contributed by atoms with Crippen LogP contribution < -0.4 is 9.47 Å². The predicted octanol–water partition coefficient (Wildman–Crippen LogP) is 2.91. The first-order valence-electron chi connectivity index (χ1n) is 5.72. The lowest BCUT2D eigenvalue weighted by atomic mass is 9.99. The Morgan fingerprint density at radius 1 is 1.41 bits per heavy atom. The zero-order valence-corrected chi connectivity index (χ0v) is 11.6. The average Bonchev–Trinajstić information content (AvgIpc) is 2.29. The summed E-state index contributed by atoms with van der Waals surface area (Å²) in [5.41, 5.74) is 2.15. The number of ether oxygens (including phenoxy) is 2. The molecular weight excluding hydrogens is 284 g/mol. The van der Waals surface area contributed by atoms with Crippen molar-refractivity contribution in [1.82, 2.24) is 0 Å². The lowest BCUT2D eigenvalue weighted by Crippen LogP contribution is -2.17. The molecule has 3 nitrogen and oxygen atoms in total. The van der Waals surface area contributed by atoms with Crippen LogP contribution in [-0.4, -0.2) is 19.0 Å². The molecule has 0 N–H and O–H groups in total. The van der Waals surface area contributed by atoms with Crippen LogP contribution in [0.1, 0.15) is 25.0 Å². The molecule has 0 aromatic heterocycles. The van der Waals surface area contributed by atoms with Gasteiger partial charge in [0.15, 0.2) is 11.5 Å². The van der Waals surface area contributed by atoms with E-state index < -0.39 is 0 Å². The fourth-order valence-corrected chi connectivity index (χ4v) is 2.89. The maximum Gasteiger partial charge on any atom is 0.175 e. The second-order valence-corrected chi connectivity index (χ2v) is 4.88. The van der Waals surface area contributed by atoms with Crippen molar-refractivity contribution in [2.75, 3.05) is 13.2 Å². The first-order chi connectivity index (χ1) is 8.13. The maximum atomic E-state index is 11.3. The molecular formula is C13H15BrO3. The van der Waals surface area contributed by atoms with Crippen LogP contribution in [0.3, 0.4) is 0 Å². The predicted molar refractivity (Wildman–Crippen MR) is 68.9 cm³/mol. The summed E-state index contributed by atoms with van der Waals surface area (Å²) in [4.78, 5) is 11.3.